The highest BCUT2D eigenvalue weighted by molar-refractivity contribution is 8.13. The Bertz CT molecular complexity index is 330. The molecule has 1 aliphatic heterocycles. The third kappa shape index (κ3) is 4.92. The fraction of sp³-hybridized carbons (Fsp3) is 0.750. The van der Waals surface area contributed by atoms with E-state index >= 15 is 0 Å². The maximum atomic E-state index is 6.24. The van der Waals surface area contributed by atoms with E-state index in [4.69, 9.17) is 9.47 Å². The van der Waals surface area contributed by atoms with Gasteiger partial charge in [0.05, 0.1) is 12.7 Å². The van der Waals surface area contributed by atoms with Crippen LogP contribution in [0.5, 0.6) is 0 Å². The van der Waals surface area contributed by atoms with Crippen LogP contribution in [0.15, 0.2) is 24.8 Å². The van der Waals surface area contributed by atoms with Gasteiger partial charge in [-0.25, -0.2) is 0 Å². The van der Waals surface area contributed by atoms with E-state index in [1.807, 2.05) is 12.2 Å². The molecule has 8 atom stereocenters. The van der Waals surface area contributed by atoms with E-state index in [2.05, 4.69) is 55.9 Å². The lowest BCUT2D eigenvalue weighted by Crippen LogP contribution is -2.43. The Morgan fingerprint density at radius 2 is 2.00 bits per heavy atom. The van der Waals surface area contributed by atoms with Gasteiger partial charge in [-0.15, -0.1) is 8.93 Å². The van der Waals surface area contributed by atoms with Crippen LogP contribution in [0.4, 0.5) is 0 Å². The summed E-state index contributed by atoms with van der Waals surface area (Å²) in [6.45, 7) is 15.9. The first-order chi connectivity index (χ1) is 9.38. The van der Waals surface area contributed by atoms with Crippen LogP contribution >= 0.6 is 16.5 Å². The maximum Gasteiger partial charge on any atom is 0.179 e. The van der Waals surface area contributed by atoms with Gasteiger partial charge < -0.3 is 9.47 Å². The molecule has 116 valence electrons. The third-order valence-corrected chi connectivity index (χ3v) is 6.06. The number of rotatable bonds is 6. The van der Waals surface area contributed by atoms with Gasteiger partial charge in [0.1, 0.15) is 0 Å². The molecule has 0 aromatic carbocycles. The molecule has 0 bridgehead atoms. The lowest BCUT2D eigenvalue weighted by molar-refractivity contribution is -0.208. The predicted octanol–water partition coefficient (Wildman–Crippen LogP) is 4.87. The Morgan fingerprint density at radius 1 is 1.35 bits per heavy atom. The molecule has 0 aliphatic carbocycles. The molecule has 2 nitrogen and oxygen atoms in total. The standard InChI is InChI=1S/C16H30O2P2/c1-7-8-9-11(2)13(4)14(5)15-12(3)10-17-16(18-15)20(6)19/h7-9,11-16H,1,10,19H2,2-6H3/b9-8-/t11-,12?,13?,14?,15?,16?,20?/m0/s1. The fourth-order valence-electron chi connectivity index (χ4n) is 2.70. The minimum atomic E-state index is -0.288. The summed E-state index contributed by atoms with van der Waals surface area (Å²) in [5.41, 5.74) is 0. The SMILES string of the molecule is C=C/C=C\[C@H](C)C(C)C(C)C1OC(P(C)P)OCC1C. The first kappa shape index (κ1) is 18.3. The topological polar surface area (TPSA) is 18.5 Å². The molecule has 0 spiro atoms. The van der Waals surface area contributed by atoms with Crippen LogP contribution in [0, 0.1) is 23.7 Å². The summed E-state index contributed by atoms with van der Waals surface area (Å²) < 4.78 is 12.0. The average Bonchev–Trinajstić information content (AvgIpc) is 2.43. The summed E-state index contributed by atoms with van der Waals surface area (Å²) >= 11 is 0. The van der Waals surface area contributed by atoms with E-state index in [9.17, 15) is 0 Å². The molecule has 1 heterocycles. The quantitative estimate of drug-likeness (QED) is 0.514. The van der Waals surface area contributed by atoms with Crippen LogP contribution in [0.1, 0.15) is 27.7 Å². The molecule has 0 N–H and O–H groups in total. The molecule has 7 unspecified atom stereocenters. The average molecular weight is 316 g/mol. The van der Waals surface area contributed by atoms with Crippen LogP contribution in [-0.2, 0) is 9.47 Å². The molecule has 0 aromatic heterocycles. The van der Waals surface area contributed by atoms with E-state index in [1.165, 1.54) is 0 Å². The summed E-state index contributed by atoms with van der Waals surface area (Å²) in [7, 11) is 2.56. The van der Waals surface area contributed by atoms with Gasteiger partial charge in [-0.3, -0.25) is 0 Å². The summed E-state index contributed by atoms with van der Waals surface area (Å²) in [5, 5.41) is 0. The maximum absolute atomic E-state index is 6.24. The molecule has 1 fully saturated rings. The molecule has 0 amide bonds. The molecule has 0 saturated carbocycles. The van der Waals surface area contributed by atoms with Gasteiger partial charge in [0.15, 0.2) is 6.03 Å². The summed E-state index contributed by atoms with van der Waals surface area (Å²) in [6, 6.07) is -0.0233. The molecule has 0 radical (unpaired) electrons. The van der Waals surface area contributed by atoms with Crippen molar-refractivity contribution >= 4 is 16.5 Å². The summed E-state index contributed by atoms with van der Waals surface area (Å²) in [5.74, 6) is 2.07. The first-order valence-electron chi connectivity index (χ1n) is 7.42. The molecule has 4 heteroatoms. The minimum absolute atomic E-state index is 0.0233. The highest BCUT2D eigenvalue weighted by Gasteiger charge is 2.36. The van der Waals surface area contributed by atoms with Crippen molar-refractivity contribution in [1.29, 1.82) is 0 Å². The Labute approximate surface area is 128 Å². The van der Waals surface area contributed by atoms with E-state index in [0.717, 1.165) is 6.61 Å². The Hall–Kier alpha value is 0.260. The van der Waals surface area contributed by atoms with Crippen molar-refractivity contribution in [2.45, 2.75) is 39.8 Å². The van der Waals surface area contributed by atoms with E-state index in [-0.39, 0.29) is 19.7 Å². The van der Waals surface area contributed by atoms with Crippen molar-refractivity contribution in [1.82, 2.24) is 0 Å². The van der Waals surface area contributed by atoms with E-state index in [1.54, 1.807) is 0 Å². The van der Waals surface area contributed by atoms with Crippen molar-refractivity contribution in [2.75, 3.05) is 13.3 Å². The van der Waals surface area contributed by atoms with Crippen LogP contribution in [0.25, 0.3) is 0 Å². The molecule has 1 rings (SSSR count). The zero-order chi connectivity index (χ0) is 15.3. The Morgan fingerprint density at radius 3 is 2.55 bits per heavy atom. The predicted molar refractivity (Wildman–Crippen MR) is 93.2 cm³/mol. The van der Waals surface area contributed by atoms with Gasteiger partial charge in [0.25, 0.3) is 0 Å². The smallest absolute Gasteiger partial charge is 0.179 e. The lowest BCUT2D eigenvalue weighted by atomic mass is 9.78. The van der Waals surface area contributed by atoms with Crippen molar-refractivity contribution < 1.29 is 9.47 Å². The van der Waals surface area contributed by atoms with Crippen molar-refractivity contribution in [3.05, 3.63) is 24.8 Å². The second kappa shape index (κ2) is 8.64. The van der Waals surface area contributed by atoms with Crippen molar-refractivity contribution in [3.63, 3.8) is 0 Å². The van der Waals surface area contributed by atoms with Gasteiger partial charge in [-0.2, -0.15) is 0 Å². The highest BCUT2D eigenvalue weighted by atomic mass is 32.0. The summed E-state index contributed by atoms with van der Waals surface area (Å²) in [4.78, 5) is 0. The van der Waals surface area contributed by atoms with E-state index in [0.29, 0.717) is 23.7 Å². The van der Waals surface area contributed by atoms with Gasteiger partial charge in [0.2, 0.25) is 0 Å². The first-order valence-corrected chi connectivity index (χ1v) is 10.9. The second-order valence-electron chi connectivity index (χ2n) is 6.08. The molecule has 1 saturated heterocycles. The fourth-order valence-corrected chi connectivity index (χ4v) is 3.82. The van der Waals surface area contributed by atoms with Gasteiger partial charge in [-0.1, -0.05) is 52.5 Å². The molecule has 1 aliphatic rings. The zero-order valence-corrected chi connectivity index (χ0v) is 15.5. The molecule has 0 aromatic rings. The molecular weight excluding hydrogens is 286 g/mol. The van der Waals surface area contributed by atoms with Crippen LogP contribution in [0.2, 0.25) is 0 Å². The van der Waals surface area contributed by atoms with Gasteiger partial charge in [0, 0.05) is 5.92 Å². The normalized spacial score (nSPS) is 33.6. The number of hydrogen-bond donors (Lipinski definition) is 0. The van der Waals surface area contributed by atoms with Gasteiger partial charge in [-0.05, 0) is 32.0 Å². The van der Waals surface area contributed by atoms with Crippen LogP contribution in [0.3, 0.4) is 0 Å². The lowest BCUT2D eigenvalue weighted by Gasteiger charge is -2.42. The molecular formula is C16H30O2P2. The molecule has 20 heavy (non-hydrogen) atoms. The highest BCUT2D eigenvalue weighted by Crippen LogP contribution is 2.49. The second-order valence-corrected chi connectivity index (χ2v) is 10.3. The Balaban J connectivity index is 2.69. The van der Waals surface area contributed by atoms with Crippen molar-refractivity contribution in [2.24, 2.45) is 23.7 Å². The summed E-state index contributed by atoms with van der Waals surface area (Å²) in [6.07, 6.45) is 6.40. The Kier molecular flexibility index (Phi) is 7.91. The zero-order valence-electron chi connectivity index (χ0n) is 13.5. The largest absolute Gasteiger partial charge is 0.348 e. The third-order valence-electron chi connectivity index (χ3n) is 4.40. The van der Waals surface area contributed by atoms with E-state index < -0.39 is 0 Å². The monoisotopic (exact) mass is 316 g/mol. The van der Waals surface area contributed by atoms with Gasteiger partial charge >= 0.3 is 0 Å². The van der Waals surface area contributed by atoms with Crippen molar-refractivity contribution in [3.8, 4) is 0 Å². The number of hydrogen-bond acceptors (Lipinski definition) is 2. The number of ether oxygens (including phenoxy) is 2. The van der Waals surface area contributed by atoms with Crippen LogP contribution < -0.4 is 0 Å². The minimum Gasteiger partial charge on any atom is -0.348 e. The number of allylic oxidation sites excluding steroid dienone is 3. The van der Waals surface area contributed by atoms with Crippen LogP contribution in [-0.4, -0.2) is 25.4 Å².